The van der Waals surface area contributed by atoms with Crippen LogP contribution in [0, 0.1) is 18.7 Å². The third kappa shape index (κ3) is 3.62. The molecule has 0 bridgehead atoms. The number of nitrogens with one attached hydrogen (secondary N) is 1. The zero-order valence-electron chi connectivity index (χ0n) is 16.2. The maximum atomic E-state index is 14.1. The third-order valence-electron chi connectivity index (χ3n) is 5.44. The first-order valence-corrected chi connectivity index (χ1v) is 9.77. The SMILES string of the molecule is C/C=C1/C[C@H](C(F)(F)F)[C@H](Nc2cccc3nc(C)ncc23)c2cc(Cl)c(F)cc21. The van der Waals surface area contributed by atoms with E-state index in [0.29, 0.717) is 39.1 Å². The Balaban J connectivity index is 1.89. The number of nitrogens with zero attached hydrogens (tertiary/aromatic N) is 2. The number of hydrogen-bond acceptors (Lipinski definition) is 3. The van der Waals surface area contributed by atoms with E-state index in [4.69, 9.17) is 11.6 Å². The summed E-state index contributed by atoms with van der Waals surface area (Å²) in [4.78, 5) is 8.51. The molecule has 0 saturated carbocycles. The Labute approximate surface area is 175 Å². The molecule has 8 heteroatoms. The van der Waals surface area contributed by atoms with Crippen molar-refractivity contribution in [3.05, 3.63) is 70.4 Å². The van der Waals surface area contributed by atoms with Gasteiger partial charge >= 0.3 is 6.18 Å². The Kier molecular flexibility index (Phi) is 5.18. The van der Waals surface area contributed by atoms with Crippen molar-refractivity contribution >= 4 is 33.8 Å². The molecule has 0 amide bonds. The predicted molar refractivity (Wildman–Crippen MR) is 110 cm³/mol. The van der Waals surface area contributed by atoms with E-state index in [9.17, 15) is 17.6 Å². The topological polar surface area (TPSA) is 37.8 Å². The normalized spacial score (nSPS) is 20.4. The second-order valence-electron chi connectivity index (χ2n) is 7.30. The van der Waals surface area contributed by atoms with Crippen molar-refractivity contribution in [2.75, 3.05) is 5.32 Å². The van der Waals surface area contributed by atoms with Crippen LogP contribution in [-0.4, -0.2) is 16.1 Å². The Bertz CT molecular complexity index is 1160. The molecular formula is C22H18ClF4N3. The van der Waals surface area contributed by atoms with E-state index >= 15 is 0 Å². The number of aromatic nitrogens is 2. The zero-order valence-corrected chi connectivity index (χ0v) is 16.9. The van der Waals surface area contributed by atoms with Gasteiger partial charge in [0.15, 0.2) is 0 Å². The number of hydrogen-bond donors (Lipinski definition) is 1. The van der Waals surface area contributed by atoms with Crippen molar-refractivity contribution in [3.8, 4) is 0 Å². The molecule has 0 fully saturated rings. The summed E-state index contributed by atoms with van der Waals surface area (Å²) in [5, 5.41) is 3.43. The van der Waals surface area contributed by atoms with Crippen molar-refractivity contribution in [3.63, 3.8) is 0 Å². The van der Waals surface area contributed by atoms with E-state index in [1.807, 2.05) is 0 Å². The maximum absolute atomic E-state index is 14.1. The summed E-state index contributed by atoms with van der Waals surface area (Å²) >= 11 is 5.96. The number of halogens is 5. The average molecular weight is 436 g/mol. The van der Waals surface area contributed by atoms with Gasteiger partial charge < -0.3 is 5.32 Å². The van der Waals surface area contributed by atoms with Crippen LogP contribution >= 0.6 is 11.6 Å². The lowest BCUT2D eigenvalue weighted by Crippen LogP contribution is -2.36. The highest BCUT2D eigenvalue weighted by atomic mass is 35.5. The van der Waals surface area contributed by atoms with E-state index in [1.165, 1.54) is 12.1 Å². The summed E-state index contributed by atoms with van der Waals surface area (Å²) in [6.07, 6.45) is -1.55. The quantitative estimate of drug-likeness (QED) is 0.446. The van der Waals surface area contributed by atoms with Crippen LogP contribution in [-0.2, 0) is 0 Å². The van der Waals surface area contributed by atoms with E-state index in [1.54, 1.807) is 44.3 Å². The van der Waals surface area contributed by atoms with E-state index in [2.05, 4.69) is 15.3 Å². The molecule has 0 aliphatic heterocycles. The van der Waals surface area contributed by atoms with E-state index in [0.717, 1.165) is 0 Å². The van der Waals surface area contributed by atoms with Crippen LogP contribution in [0.5, 0.6) is 0 Å². The van der Waals surface area contributed by atoms with Crippen LogP contribution in [0.4, 0.5) is 23.2 Å². The Morgan fingerprint density at radius 2 is 2.00 bits per heavy atom. The second-order valence-corrected chi connectivity index (χ2v) is 7.70. The first-order chi connectivity index (χ1) is 14.2. The standard InChI is InChI=1S/C22H18ClF4N3/c1-3-12-7-16(22(25,26)27)21(14-8-17(23)18(24)9-13(12)14)30-20-6-4-5-19-15(20)10-28-11(2)29-19/h3-6,8-10,16,21,30H,7H2,1-2H3/b12-3-/t16-,21+/m0/s1. The number of allylic oxidation sites excluding steroid dienone is 2. The van der Waals surface area contributed by atoms with Crippen LogP contribution in [0.1, 0.15) is 36.3 Å². The summed E-state index contributed by atoms with van der Waals surface area (Å²) in [5.74, 6) is -1.80. The molecule has 0 unspecified atom stereocenters. The number of benzene rings is 2. The van der Waals surface area contributed by atoms with Crippen molar-refractivity contribution < 1.29 is 17.6 Å². The highest BCUT2D eigenvalue weighted by Crippen LogP contribution is 2.50. The van der Waals surface area contributed by atoms with Crippen LogP contribution in [0.25, 0.3) is 16.5 Å². The van der Waals surface area contributed by atoms with Gasteiger partial charge in [-0.2, -0.15) is 13.2 Å². The summed E-state index contributed by atoms with van der Waals surface area (Å²) in [7, 11) is 0. The fourth-order valence-corrected chi connectivity index (χ4v) is 4.15. The average Bonchev–Trinajstić information content (AvgIpc) is 2.68. The molecular weight excluding hydrogens is 418 g/mol. The summed E-state index contributed by atoms with van der Waals surface area (Å²) in [6.45, 7) is 3.39. The minimum Gasteiger partial charge on any atom is -0.377 e. The van der Waals surface area contributed by atoms with Crippen molar-refractivity contribution in [1.29, 1.82) is 0 Å². The highest BCUT2D eigenvalue weighted by Gasteiger charge is 2.48. The van der Waals surface area contributed by atoms with Gasteiger partial charge in [0.25, 0.3) is 0 Å². The molecule has 3 nitrogen and oxygen atoms in total. The van der Waals surface area contributed by atoms with Crippen LogP contribution in [0.2, 0.25) is 5.02 Å². The van der Waals surface area contributed by atoms with Gasteiger partial charge in [-0.3, -0.25) is 0 Å². The second kappa shape index (κ2) is 7.54. The monoisotopic (exact) mass is 435 g/mol. The molecule has 30 heavy (non-hydrogen) atoms. The minimum atomic E-state index is -4.47. The fraction of sp³-hybridized carbons (Fsp3) is 0.273. The molecule has 2 aromatic carbocycles. The lowest BCUT2D eigenvalue weighted by Gasteiger charge is -2.37. The summed E-state index contributed by atoms with van der Waals surface area (Å²) in [6, 6.07) is 6.54. The first kappa shape index (κ1) is 20.6. The third-order valence-corrected chi connectivity index (χ3v) is 5.73. The van der Waals surface area contributed by atoms with Gasteiger partial charge in [-0.1, -0.05) is 23.7 Å². The van der Waals surface area contributed by atoms with Gasteiger partial charge in [0, 0.05) is 17.3 Å². The summed E-state index contributed by atoms with van der Waals surface area (Å²) < 4.78 is 56.3. The molecule has 156 valence electrons. The smallest absolute Gasteiger partial charge is 0.377 e. The lowest BCUT2D eigenvalue weighted by atomic mass is 9.76. The number of fused-ring (bicyclic) bond motifs is 2. The number of alkyl halides is 3. The van der Waals surface area contributed by atoms with Crippen molar-refractivity contribution in [2.45, 2.75) is 32.5 Å². The number of anilines is 1. The molecule has 3 aromatic rings. The molecule has 4 rings (SSSR count). The molecule has 0 saturated heterocycles. The molecule has 1 N–H and O–H groups in total. The zero-order chi connectivity index (χ0) is 21.6. The molecule has 1 aromatic heterocycles. The van der Waals surface area contributed by atoms with Crippen LogP contribution in [0.3, 0.4) is 0 Å². The Hall–Kier alpha value is -2.67. The van der Waals surface area contributed by atoms with E-state index < -0.39 is 24.0 Å². The molecule has 0 spiro atoms. The van der Waals surface area contributed by atoms with Crippen LogP contribution < -0.4 is 5.32 Å². The minimum absolute atomic E-state index is 0.212. The highest BCUT2D eigenvalue weighted by molar-refractivity contribution is 6.30. The molecule has 1 aliphatic rings. The number of aryl methyl sites for hydroxylation is 1. The predicted octanol–water partition coefficient (Wildman–Crippen LogP) is 6.87. The Morgan fingerprint density at radius 3 is 2.70 bits per heavy atom. The van der Waals surface area contributed by atoms with Crippen molar-refractivity contribution in [1.82, 2.24) is 9.97 Å². The van der Waals surface area contributed by atoms with E-state index in [-0.39, 0.29) is 11.4 Å². The van der Waals surface area contributed by atoms with Crippen molar-refractivity contribution in [2.24, 2.45) is 5.92 Å². The first-order valence-electron chi connectivity index (χ1n) is 9.39. The largest absolute Gasteiger partial charge is 0.394 e. The maximum Gasteiger partial charge on any atom is 0.394 e. The van der Waals surface area contributed by atoms with Gasteiger partial charge in [-0.05, 0) is 61.2 Å². The van der Waals surface area contributed by atoms with Gasteiger partial charge in [0.1, 0.15) is 11.6 Å². The van der Waals surface area contributed by atoms with Gasteiger partial charge in [-0.25, -0.2) is 14.4 Å². The summed E-state index contributed by atoms with van der Waals surface area (Å²) in [5.41, 5.74) is 2.29. The van der Waals surface area contributed by atoms with Gasteiger partial charge in [0.05, 0.1) is 22.5 Å². The lowest BCUT2D eigenvalue weighted by molar-refractivity contribution is -0.178. The van der Waals surface area contributed by atoms with Gasteiger partial charge in [0.2, 0.25) is 0 Å². The molecule has 0 radical (unpaired) electrons. The molecule has 1 heterocycles. The molecule has 1 aliphatic carbocycles. The fourth-order valence-electron chi connectivity index (χ4n) is 3.98. The van der Waals surface area contributed by atoms with Gasteiger partial charge in [-0.15, -0.1) is 0 Å². The van der Waals surface area contributed by atoms with Crippen LogP contribution in [0.15, 0.2) is 42.6 Å². The number of rotatable bonds is 2. The molecule has 2 atom stereocenters. The Morgan fingerprint density at radius 1 is 1.23 bits per heavy atom.